The Morgan fingerprint density at radius 2 is 1.94 bits per heavy atom. The lowest BCUT2D eigenvalue weighted by Crippen LogP contribution is -2.31. The van der Waals surface area contributed by atoms with Crippen LogP contribution in [0.5, 0.6) is 5.75 Å². The predicted octanol–water partition coefficient (Wildman–Crippen LogP) is 6.20. The molecule has 2 aromatic carbocycles. The summed E-state index contributed by atoms with van der Waals surface area (Å²) in [5.41, 5.74) is 8.04. The van der Waals surface area contributed by atoms with Gasteiger partial charge in [-0.25, -0.2) is 0 Å². The van der Waals surface area contributed by atoms with Gasteiger partial charge >= 0.3 is 5.97 Å². The van der Waals surface area contributed by atoms with Gasteiger partial charge in [-0.05, 0) is 74.9 Å². The highest BCUT2D eigenvalue weighted by Gasteiger charge is 2.22. The molecule has 0 radical (unpaired) electrons. The second-order valence-corrected chi connectivity index (χ2v) is 9.27. The standard InChI is InChI=1S/C29H39ClN2O4/c1-5-23(27(6-2)36-21(4)33)16-17-32(7-3)26-20-24(29(31)34)14-15-28(26)35-18-9-8-11-22-12-10-13-25(30)19-22/h6,10,12-15,19-20,23,27H,2,5,7-9,11,16-18H2,1,3-4H3,(H2,31,34)/t23-,27+/m1/s1. The summed E-state index contributed by atoms with van der Waals surface area (Å²) in [4.78, 5) is 25.5. The number of carbonyl (C=O) groups excluding carboxylic acids is 2. The number of anilines is 1. The number of nitrogens with zero attached hydrogens (tertiary/aromatic N) is 1. The molecule has 1 amide bonds. The number of hydrogen-bond acceptors (Lipinski definition) is 5. The van der Waals surface area contributed by atoms with Crippen LogP contribution in [0.15, 0.2) is 55.1 Å². The molecule has 0 spiro atoms. The van der Waals surface area contributed by atoms with Crippen LogP contribution in [0.25, 0.3) is 0 Å². The maximum absolute atomic E-state index is 11.9. The maximum atomic E-state index is 11.9. The minimum absolute atomic E-state index is 0.135. The van der Waals surface area contributed by atoms with Crippen LogP contribution < -0.4 is 15.4 Å². The molecule has 2 atom stereocenters. The number of primary amides is 1. The van der Waals surface area contributed by atoms with E-state index in [4.69, 9.17) is 26.8 Å². The Morgan fingerprint density at radius 3 is 2.56 bits per heavy atom. The van der Waals surface area contributed by atoms with Crippen LogP contribution in [0.1, 0.15) is 62.4 Å². The number of benzene rings is 2. The number of nitrogens with two attached hydrogens (primary N) is 1. The monoisotopic (exact) mass is 514 g/mol. The second-order valence-electron chi connectivity index (χ2n) is 8.83. The van der Waals surface area contributed by atoms with E-state index in [0.29, 0.717) is 18.7 Å². The summed E-state index contributed by atoms with van der Waals surface area (Å²) in [5.74, 6) is 0.0628. The van der Waals surface area contributed by atoms with Crippen molar-refractivity contribution in [3.8, 4) is 5.75 Å². The third kappa shape index (κ3) is 9.23. The van der Waals surface area contributed by atoms with Crippen LogP contribution in [0.2, 0.25) is 5.02 Å². The van der Waals surface area contributed by atoms with Crippen molar-refractivity contribution in [2.24, 2.45) is 11.7 Å². The Labute approximate surface area is 220 Å². The molecule has 6 nitrogen and oxygen atoms in total. The van der Waals surface area contributed by atoms with Gasteiger partial charge < -0.3 is 20.1 Å². The summed E-state index contributed by atoms with van der Waals surface area (Å²) in [7, 11) is 0. The first-order valence-corrected chi connectivity index (χ1v) is 13.0. The van der Waals surface area contributed by atoms with Crippen LogP contribution >= 0.6 is 11.6 Å². The van der Waals surface area contributed by atoms with E-state index < -0.39 is 5.91 Å². The van der Waals surface area contributed by atoms with Crippen molar-refractivity contribution in [3.63, 3.8) is 0 Å². The molecule has 0 aliphatic heterocycles. The second kappa shape index (κ2) is 15.2. The number of rotatable bonds is 16. The van der Waals surface area contributed by atoms with E-state index in [1.807, 2.05) is 24.3 Å². The number of carbonyl (C=O) groups is 2. The van der Waals surface area contributed by atoms with E-state index in [0.717, 1.165) is 55.1 Å². The molecule has 2 aromatic rings. The zero-order valence-electron chi connectivity index (χ0n) is 21.7. The summed E-state index contributed by atoms with van der Waals surface area (Å²) in [6.45, 7) is 11.4. The van der Waals surface area contributed by atoms with Crippen molar-refractivity contribution in [2.75, 3.05) is 24.6 Å². The first-order valence-electron chi connectivity index (χ1n) is 12.6. The molecular formula is C29H39ClN2O4. The normalized spacial score (nSPS) is 12.4. The molecule has 7 heteroatoms. The van der Waals surface area contributed by atoms with E-state index >= 15 is 0 Å². The smallest absolute Gasteiger partial charge is 0.303 e. The minimum Gasteiger partial charge on any atom is -0.491 e. The summed E-state index contributed by atoms with van der Waals surface area (Å²) < 4.78 is 11.6. The number of esters is 1. The molecule has 2 rings (SSSR count). The van der Waals surface area contributed by atoms with Crippen molar-refractivity contribution in [1.82, 2.24) is 0 Å². The van der Waals surface area contributed by atoms with E-state index in [9.17, 15) is 9.59 Å². The van der Waals surface area contributed by atoms with Gasteiger partial charge in [-0.2, -0.15) is 0 Å². The number of hydrogen-bond donors (Lipinski definition) is 1. The van der Waals surface area contributed by atoms with Crippen molar-refractivity contribution < 1.29 is 19.1 Å². The fraction of sp³-hybridized carbons (Fsp3) is 0.448. The first-order chi connectivity index (χ1) is 17.3. The van der Waals surface area contributed by atoms with Gasteiger partial charge in [0.05, 0.1) is 12.3 Å². The molecular weight excluding hydrogens is 476 g/mol. The highest BCUT2D eigenvalue weighted by atomic mass is 35.5. The lowest BCUT2D eigenvalue weighted by molar-refractivity contribution is -0.146. The van der Waals surface area contributed by atoms with Gasteiger partial charge in [0.25, 0.3) is 0 Å². The van der Waals surface area contributed by atoms with Crippen LogP contribution in [0.3, 0.4) is 0 Å². The van der Waals surface area contributed by atoms with Gasteiger partial charge in [-0.15, -0.1) is 0 Å². The molecule has 0 saturated heterocycles. The van der Waals surface area contributed by atoms with Gasteiger partial charge in [0, 0.05) is 36.5 Å². The zero-order chi connectivity index (χ0) is 26.5. The van der Waals surface area contributed by atoms with Crippen molar-refractivity contribution in [1.29, 1.82) is 0 Å². The summed E-state index contributed by atoms with van der Waals surface area (Å²) in [6.07, 6.45) is 5.79. The Hall–Kier alpha value is -2.99. The quantitative estimate of drug-likeness (QED) is 0.164. The topological polar surface area (TPSA) is 81.9 Å². The summed E-state index contributed by atoms with van der Waals surface area (Å²) in [6, 6.07) is 13.2. The van der Waals surface area contributed by atoms with Gasteiger partial charge in [-0.1, -0.05) is 43.3 Å². The summed E-state index contributed by atoms with van der Waals surface area (Å²) >= 11 is 6.07. The fourth-order valence-corrected chi connectivity index (χ4v) is 4.46. The van der Waals surface area contributed by atoms with E-state index in [-0.39, 0.29) is 18.0 Å². The predicted molar refractivity (Wildman–Crippen MR) is 147 cm³/mol. The molecule has 0 aromatic heterocycles. The van der Waals surface area contributed by atoms with Gasteiger partial charge in [-0.3, -0.25) is 9.59 Å². The number of unbranched alkanes of at least 4 members (excludes halogenated alkanes) is 1. The molecule has 0 aliphatic rings. The van der Waals surface area contributed by atoms with Crippen LogP contribution in [0.4, 0.5) is 5.69 Å². The zero-order valence-corrected chi connectivity index (χ0v) is 22.4. The highest BCUT2D eigenvalue weighted by Crippen LogP contribution is 2.31. The lowest BCUT2D eigenvalue weighted by atomic mass is 9.95. The molecule has 36 heavy (non-hydrogen) atoms. The third-order valence-corrected chi connectivity index (χ3v) is 6.50. The largest absolute Gasteiger partial charge is 0.491 e. The number of halogens is 1. The Bertz CT molecular complexity index is 1010. The fourth-order valence-electron chi connectivity index (χ4n) is 4.25. The van der Waals surface area contributed by atoms with E-state index in [1.165, 1.54) is 12.5 Å². The molecule has 0 unspecified atom stereocenters. The molecule has 0 bridgehead atoms. The third-order valence-electron chi connectivity index (χ3n) is 6.27. The SMILES string of the molecule is C=C[C@H](OC(C)=O)[C@H](CC)CCN(CC)c1cc(C(N)=O)ccc1OCCCCc1cccc(Cl)c1. The Kier molecular flexibility index (Phi) is 12.3. The number of aryl methyl sites for hydroxylation is 1. The molecule has 0 heterocycles. The van der Waals surface area contributed by atoms with Gasteiger partial charge in [0.15, 0.2) is 0 Å². The average Bonchev–Trinajstić information content (AvgIpc) is 2.85. The van der Waals surface area contributed by atoms with Crippen molar-refractivity contribution in [3.05, 3.63) is 71.3 Å². The van der Waals surface area contributed by atoms with E-state index in [1.54, 1.807) is 18.2 Å². The first kappa shape index (κ1) is 29.2. The molecule has 2 N–H and O–H groups in total. The van der Waals surface area contributed by atoms with Gasteiger partial charge in [0.1, 0.15) is 11.9 Å². The maximum Gasteiger partial charge on any atom is 0.303 e. The lowest BCUT2D eigenvalue weighted by Gasteiger charge is -2.29. The molecule has 0 saturated carbocycles. The Balaban J connectivity index is 2.07. The minimum atomic E-state index is -0.478. The van der Waals surface area contributed by atoms with Gasteiger partial charge in [0.2, 0.25) is 5.91 Å². The highest BCUT2D eigenvalue weighted by molar-refractivity contribution is 6.30. The summed E-state index contributed by atoms with van der Waals surface area (Å²) in [5, 5.41) is 0.750. The van der Waals surface area contributed by atoms with Crippen LogP contribution in [-0.2, 0) is 16.0 Å². The average molecular weight is 515 g/mol. The number of amides is 1. The molecule has 0 aliphatic carbocycles. The van der Waals surface area contributed by atoms with Crippen molar-refractivity contribution in [2.45, 2.75) is 59.0 Å². The Morgan fingerprint density at radius 1 is 1.17 bits per heavy atom. The number of ether oxygens (including phenoxy) is 2. The van der Waals surface area contributed by atoms with Crippen molar-refractivity contribution >= 4 is 29.2 Å². The van der Waals surface area contributed by atoms with Crippen LogP contribution in [0, 0.1) is 5.92 Å². The molecule has 196 valence electrons. The van der Waals surface area contributed by atoms with Crippen LogP contribution in [-0.4, -0.2) is 37.7 Å². The molecule has 0 fully saturated rings. The van der Waals surface area contributed by atoms with E-state index in [2.05, 4.69) is 31.4 Å².